The third-order valence-electron chi connectivity index (χ3n) is 3.37. The summed E-state index contributed by atoms with van der Waals surface area (Å²) in [5.74, 6) is -1.16. The number of fused-ring (bicyclic) bond motifs is 1. The van der Waals surface area contributed by atoms with Gasteiger partial charge in [-0.2, -0.15) is 0 Å². The molecule has 0 aliphatic rings. The van der Waals surface area contributed by atoms with Gasteiger partial charge in [0.2, 0.25) is 0 Å². The van der Waals surface area contributed by atoms with E-state index in [-0.39, 0.29) is 16.5 Å². The third-order valence-corrected chi connectivity index (χ3v) is 4.70. The lowest BCUT2D eigenvalue weighted by Gasteiger charge is -2.09. The van der Waals surface area contributed by atoms with Crippen molar-refractivity contribution in [3.63, 3.8) is 0 Å². The van der Waals surface area contributed by atoms with E-state index in [0.717, 1.165) is 16.7 Å². The molecule has 2 heterocycles. The number of rotatable bonds is 4. The molecular weight excluding hydrogens is 316 g/mol. The summed E-state index contributed by atoms with van der Waals surface area (Å²) < 4.78 is 5.51. The molecule has 0 spiro atoms. The number of aryl methyl sites for hydroxylation is 1. The number of para-hydroxylation sites is 1. The quantitative estimate of drug-likeness (QED) is 0.765. The van der Waals surface area contributed by atoms with Crippen LogP contribution in [0.25, 0.3) is 11.0 Å². The van der Waals surface area contributed by atoms with Crippen LogP contribution in [-0.4, -0.2) is 22.0 Å². The zero-order valence-corrected chi connectivity index (χ0v) is 13.3. The number of carboxylic acid groups (broad SMARTS) is 1. The second-order valence-corrected chi connectivity index (χ2v) is 6.15. The number of carbonyl (C=O) groups is 2. The fraction of sp³-hybridized carbons (Fsp3) is 0.188. The number of aromatic carboxylic acids is 1. The van der Waals surface area contributed by atoms with Crippen molar-refractivity contribution < 1.29 is 19.1 Å². The Bertz CT molecular complexity index is 864. The molecule has 3 rings (SSSR count). The molecule has 7 heteroatoms. The molecule has 2 N–H and O–H groups in total. The summed E-state index contributed by atoms with van der Waals surface area (Å²) in [5, 5.41) is 13.2. The van der Waals surface area contributed by atoms with Crippen molar-refractivity contribution in [2.45, 2.75) is 19.9 Å². The van der Waals surface area contributed by atoms with E-state index in [1.807, 2.05) is 18.2 Å². The lowest BCUT2D eigenvalue weighted by Crippen LogP contribution is -2.26. The third kappa shape index (κ3) is 2.95. The molecule has 3 aromatic rings. The van der Waals surface area contributed by atoms with Crippen molar-refractivity contribution in [3.05, 3.63) is 51.7 Å². The average molecular weight is 330 g/mol. The molecule has 0 fully saturated rings. The van der Waals surface area contributed by atoms with Crippen LogP contribution in [0.1, 0.15) is 43.9 Å². The minimum Gasteiger partial charge on any atom is -0.477 e. The number of nitrogens with one attached hydrogen (secondary N) is 1. The second-order valence-electron chi connectivity index (χ2n) is 5.12. The first-order valence-corrected chi connectivity index (χ1v) is 7.77. The first kappa shape index (κ1) is 15.2. The first-order chi connectivity index (χ1) is 11.0. The Morgan fingerprint density at radius 3 is 2.74 bits per heavy atom. The summed E-state index contributed by atoms with van der Waals surface area (Å²) in [6, 6.07) is 8.62. The van der Waals surface area contributed by atoms with E-state index in [1.165, 1.54) is 0 Å². The van der Waals surface area contributed by atoms with Crippen molar-refractivity contribution >= 4 is 34.2 Å². The van der Waals surface area contributed by atoms with Gasteiger partial charge in [-0.05, 0) is 26.0 Å². The molecule has 1 amide bonds. The van der Waals surface area contributed by atoms with Gasteiger partial charge in [0.25, 0.3) is 5.91 Å². The maximum atomic E-state index is 12.3. The van der Waals surface area contributed by atoms with Crippen LogP contribution in [0, 0.1) is 6.92 Å². The maximum absolute atomic E-state index is 12.3. The number of nitrogens with zero attached hydrogens (tertiary/aromatic N) is 1. The zero-order chi connectivity index (χ0) is 16.6. The molecule has 118 valence electrons. The molecule has 23 heavy (non-hydrogen) atoms. The summed E-state index contributed by atoms with van der Waals surface area (Å²) >= 11 is 1.06. The lowest BCUT2D eigenvalue weighted by molar-refractivity contribution is 0.0701. The van der Waals surface area contributed by atoms with Gasteiger partial charge in [0.05, 0.1) is 11.7 Å². The molecule has 1 aromatic carbocycles. The van der Waals surface area contributed by atoms with Gasteiger partial charge in [-0.25, -0.2) is 9.78 Å². The SMILES string of the molecule is Cc1nc(C(C)NC(=O)c2cc3ccccc3o2)sc1C(=O)O. The smallest absolute Gasteiger partial charge is 0.347 e. The predicted molar refractivity (Wildman–Crippen MR) is 85.9 cm³/mol. The fourth-order valence-corrected chi connectivity index (χ4v) is 3.13. The standard InChI is InChI=1S/C16H14N2O4S/c1-8-13(16(20)21)23-15(18-8)9(2)17-14(19)12-7-10-5-3-4-6-11(10)22-12/h3-7,9H,1-2H3,(H,17,19)(H,20,21). The summed E-state index contributed by atoms with van der Waals surface area (Å²) in [4.78, 5) is 27.7. The minimum absolute atomic E-state index is 0.185. The number of carbonyl (C=O) groups excluding carboxylic acids is 1. The number of benzene rings is 1. The highest BCUT2D eigenvalue weighted by molar-refractivity contribution is 7.13. The molecule has 0 bridgehead atoms. The van der Waals surface area contributed by atoms with Gasteiger partial charge in [0.1, 0.15) is 15.5 Å². The Kier molecular flexibility index (Phi) is 3.87. The van der Waals surface area contributed by atoms with E-state index in [9.17, 15) is 9.59 Å². The number of aromatic nitrogens is 1. The van der Waals surface area contributed by atoms with Crippen molar-refractivity contribution in [2.24, 2.45) is 0 Å². The largest absolute Gasteiger partial charge is 0.477 e. The van der Waals surface area contributed by atoms with Crippen LogP contribution < -0.4 is 5.32 Å². The van der Waals surface area contributed by atoms with E-state index in [4.69, 9.17) is 9.52 Å². The van der Waals surface area contributed by atoms with Crippen LogP contribution in [0.2, 0.25) is 0 Å². The molecule has 2 aromatic heterocycles. The Morgan fingerprint density at radius 1 is 1.35 bits per heavy atom. The van der Waals surface area contributed by atoms with E-state index in [0.29, 0.717) is 16.3 Å². The van der Waals surface area contributed by atoms with E-state index >= 15 is 0 Å². The van der Waals surface area contributed by atoms with Gasteiger partial charge in [-0.15, -0.1) is 11.3 Å². The Hall–Kier alpha value is -2.67. The Balaban J connectivity index is 1.79. The zero-order valence-electron chi connectivity index (χ0n) is 12.5. The molecule has 0 saturated carbocycles. The fourth-order valence-electron chi connectivity index (χ4n) is 2.22. The van der Waals surface area contributed by atoms with Crippen molar-refractivity contribution in [3.8, 4) is 0 Å². The summed E-state index contributed by atoms with van der Waals surface area (Å²) in [5.41, 5.74) is 1.09. The number of hydrogen-bond acceptors (Lipinski definition) is 5. The van der Waals surface area contributed by atoms with Gasteiger partial charge >= 0.3 is 5.97 Å². The topological polar surface area (TPSA) is 92.4 Å². The van der Waals surface area contributed by atoms with Gasteiger partial charge < -0.3 is 14.8 Å². The number of thiazole rings is 1. The first-order valence-electron chi connectivity index (χ1n) is 6.95. The van der Waals surface area contributed by atoms with Crippen molar-refractivity contribution in [1.29, 1.82) is 0 Å². The van der Waals surface area contributed by atoms with Gasteiger partial charge in [0.15, 0.2) is 5.76 Å². The number of carboxylic acids is 1. The summed E-state index contributed by atoms with van der Waals surface area (Å²) in [7, 11) is 0. The van der Waals surface area contributed by atoms with Crippen molar-refractivity contribution in [2.75, 3.05) is 0 Å². The van der Waals surface area contributed by atoms with Crippen LogP contribution in [0.3, 0.4) is 0 Å². The highest BCUT2D eigenvalue weighted by Crippen LogP contribution is 2.24. The van der Waals surface area contributed by atoms with Gasteiger partial charge in [-0.3, -0.25) is 4.79 Å². The summed E-state index contributed by atoms with van der Waals surface area (Å²) in [6.45, 7) is 3.39. The van der Waals surface area contributed by atoms with Crippen molar-refractivity contribution in [1.82, 2.24) is 10.3 Å². The lowest BCUT2D eigenvalue weighted by atomic mass is 10.2. The number of hydrogen-bond donors (Lipinski definition) is 2. The highest BCUT2D eigenvalue weighted by Gasteiger charge is 2.21. The van der Waals surface area contributed by atoms with Gasteiger partial charge in [0, 0.05) is 5.39 Å². The van der Waals surface area contributed by atoms with E-state index < -0.39 is 12.0 Å². The van der Waals surface area contributed by atoms with E-state index in [1.54, 1.807) is 26.0 Å². The molecule has 0 aliphatic heterocycles. The Morgan fingerprint density at radius 2 is 2.09 bits per heavy atom. The van der Waals surface area contributed by atoms with E-state index in [2.05, 4.69) is 10.3 Å². The molecule has 6 nitrogen and oxygen atoms in total. The second kappa shape index (κ2) is 5.85. The van der Waals surface area contributed by atoms with Crippen LogP contribution in [0.5, 0.6) is 0 Å². The van der Waals surface area contributed by atoms with Crippen LogP contribution in [-0.2, 0) is 0 Å². The minimum atomic E-state index is -1.01. The monoisotopic (exact) mass is 330 g/mol. The van der Waals surface area contributed by atoms with Crippen LogP contribution in [0.4, 0.5) is 0 Å². The normalized spacial score (nSPS) is 12.3. The molecule has 1 unspecified atom stereocenters. The molecular formula is C16H14N2O4S. The Labute approximate surface area is 135 Å². The number of furan rings is 1. The summed E-state index contributed by atoms with van der Waals surface area (Å²) in [6.07, 6.45) is 0. The number of amides is 1. The van der Waals surface area contributed by atoms with Gasteiger partial charge in [-0.1, -0.05) is 18.2 Å². The van der Waals surface area contributed by atoms with Crippen LogP contribution >= 0.6 is 11.3 Å². The molecule has 0 aliphatic carbocycles. The molecule has 1 atom stereocenters. The predicted octanol–water partition coefficient (Wildman–Crippen LogP) is 3.39. The molecule has 0 radical (unpaired) electrons. The highest BCUT2D eigenvalue weighted by atomic mass is 32.1. The maximum Gasteiger partial charge on any atom is 0.347 e. The average Bonchev–Trinajstić information content (AvgIpc) is 3.10. The molecule has 0 saturated heterocycles. The van der Waals surface area contributed by atoms with Crippen LogP contribution in [0.15, 0.2) is 34.7 Å².